The number of hydrogen-bond donors (Lipinski definition) is 1. The molecule has 0 aliphatic heterocycles. The van der Waals surface area contributed by atoms with Gasteiger partial charge in [0.15, 0.2) is 0 Å². The van der Waals surface area contributed by atoms with E-state index in [1.54, 1.807) is 26.0 Å². The lowest BCUT2D eigenvalue weighted by molar-refractivity contribution is 0.0941. The van der Waals surface area contributed by atoms with Crippen LogP contribution >= 0.6 is 0 Å². The summed E-state index contributed by atoms with van der Waals surface area (Å²) < 4.78 is 26.9. The first kappa shape index (κ1) is 24.1. The zero-order valence-corrected chi connectivity index (χ0v) is 19.4. The zero-order valence-electron chi connectivity index (χ0n) is 18.6. The van der Waals surface area contributed by atoms with Gasteiger partial charge in [0, 0.05) is 25.2 Å². The molecular weight excluding hydrogens is 398 g/mol. The van der Waals surface area contributed by atoms with Crippen LogP contribution in [0.3, 0.4) is 0 Å². The molecule has 0 aliphatic rings. The van der Waals surface area contributed by atoms with E-state index in [1.165, 1.54) is 22.0 Å². The monoisotopic (exact) mass is 431 g/mol. The molecule has 6 nitrogen and oxygen atoms in total. The van der Waals surface area contributed by atoms with Gasteiger partial charge in [-0.05, 0) is 49.8 Å². The Balaban J connectivity index is 2.16. The smallest absolute Gasteiger partial charge is 0.251 e. The Morgan fingerprint density at radius 3 is 2.17 bits per heavy atom. The standard InChI is InChI=1S/C23H33N3O3S/c1-6-18-12-14-19(15-13-18)22(25(4)5)17-24-23(27)20-10-9-11-21(16-20)30(28,29)26(7-2)8-3/h9-16,22H,6-8,17H2,1-5H3,(H,24,27)/t22-/m1/s1. The molecule has 164 valence electrons. The first-order chi connectivity index (χ1) is 14.2. The normalized spacial score (nSPS) is 12.9. The van der Waals surface area contributed by atoms with Crippen LogP contribution in [0.5, 0.6) is 0 Å². The van der Waals surface area contributed by atoms with Crippen molar-refractivity contribution in [3.63, 3.8) is 0 Å². The average molecular weight is 432 g/mol. The number of likely N-dealkylation sites (N-methyl/N-ethyl adjacent to an activating group) is 1. The van der Waals surface area contributed by atoms with Gasteiger partial charge in [-0.3, -0.25) is 4.79 Å². The van der Waals surface area contributed by atoms with Crippen LogP contribution in [0.2, 0.25) is 0 Å². The Morgan fingerprint density at radius 1 is 1.00 bits per heavy atom. The maximum Gasteiger partial charge on any atom is 0.251 e. The molecule has 0 radical (unpaired) electrons. The van der Waals surface area contributed by atoms with E-state index in [2.05, 4.69) is 41.4 Å². The van der Waals surface area contributed by atoms with Crippen molar-refractivity contribution in [2.45, 2.75) is 38.1 Å². The lowest BCUT2D eigenvalue weighted by Gasteiger charge is -2.25. The second-order valence-corrected chi connectivity index (χ2v) is 9.34. The maximum atomic E-state index is 12.8. The highest BCUT2D eigenvalue weighted by molar-refractivity contribution is 7.89. The molecule has 2 aromatic carbocycles. The van der Waals surface area contributed by atoms with Gasteiger partial charge in [0.25, 0.3) is 5.91 Å². The zero-order chi connectivity index (χ0) is 22.3. The molecule has 0 saturated heterocycles. The Hall–Kier alpha value is -2.22. The molecule has 1 amide bonds. The highest BCUT2D eigenvalue weighted by Gasteiger charge is 2.23. The summed E-state index contributed by atoms with van der Waals surface area (Å²) in [7, 11) is 0.342. The summed E-state index contributed by atoms with van der Waals surface area (Å²) >= 11 is 0. The van der Waals surface area contributed by atoms with Gasteiger partial charge in [0.1, 0.15) is 0 Å². The van der Waals surface area contributed by atoms with E-state index < -0.39 is 10.0 Å². The fraction of sp³-hybridized carbons (Fsp3) is 0.435. The lowest BCUT2D eigenvalue weighted by atomic mass is 10.0. The number of sulfonamides is 1. The summed E-state index contributed by atoms with van der Waals surface area (Å²) in [6, 6.07) is 14.6. The van der Waals surface area contributed by atoms with E-state index in [-0.39, 0.29) is 16.8 Å². The van der Waals surface area contributed by atoms with Crippen LogP contribution in [0.4, 0.5) is 0 Å². The van der Waals surface area contributed by atoms with E-state index in [1.807, 2.05) is 14.1 Å². The third kappa shape index (κ3) is 5.68. The third-order valence-electron chi connectivity index (χ3n) is 5.29. The number of rotatable bonds is 10. The van der Waals surface area contributed by atoms with Gasteiger partial charge in [-0.15, -0.1) is 0 Å². The van der Waals surface area contributed by atoms with E-state index in [0.717, 1.165) is 12.0 Å². The minimum absolute atomic E-state index is 0.0162. The van der Waals surface area contributed by atoms with Gasteiger partial charge in [-0.2, -0.15) is 4.31 Å². The largest absolute Gasteiger partial charge is 0.350 e. The number of benzene rings is 2. The predicted molar refractivity (Wildman–Crippen MR) is 121 cm³/mol. The average Bonchev–Trinajstić information content (AvgIpc) is 2.74. The third-order valence-corrected chi connectivity index (χ3v) is 7.34. The van der Waals surface area contributed by atoms with Crippen LogP contribution in [0.1, 0.15) is 48.3 Å². The molecule has 2 rings (SSSR count). The quantitative estimate of drug-likeness (QED) is 0.627. The van der Waals surface area contributed by atoms with Gasteiger partial charge in [-0.1, -0.05) is 51.1 Å². The maximum absolute atomic E-state index is 12.8. The molecule has 0 unspecified atom stereocenters. The molecule has 0 aromatic heterocycles. The molecule has 0 aliphatic carbocycles. The first-order valence-corrected chi connectivity index (χ1v) is 11.8. The van der Waals surface area contributed by atoms with Crippen LogP contribution in [-0.2, 0) is 16.4 Å². The van der Waals surface area contributed by atoms with Crippen molar-refractivity contribution in [2.24, 2.45) is 0 Å². The van der Waals surface area contributed by atoms with Gasteiger partial charge in [0.2, 0.25) is 10.0 Å². The highest BCUT2D eigenvalue weighted by atomic mass is 32.2. The Kier molecular flexibility index (Phi) is 8.58. The van der Waals surface area contributed by atoms with Crippen molar-refractivity contribution in [3.8, 4) is 0 Å². The number of aryl methyl sites for hydroxylation is 1. The topological polar surface area (TPSA) is 69.7 Å². The first-order valence-electron chi connectivity index (χ1n) is 10.4. The number of hydrogen-bond acceptors (Lipinski definition) is 4. The molecule has 1 atom stereocenters. The number of nitrogens with one attached hydrogen (secondary N) is 1. The van der Waals surface area contributed by atoms with Crippen LogP contribution < -0.4 is 5.32 Å². The summed E-state index contributed by atoms with van der Waals surface area (Å²) in [6.45, 7) is 6.91. The summed E-state index contributed by atoms with van der Waals surface area (Å²) in [5.41, 5.74) is 2.73. The Bertz CT molecular complexity index is 936. The van der Waals surface area contributed by atoms with E-state index >= 15 is 0 Å². The van der Waals surface area contributed by atoms with Crippen molar-refractivity contribution < 1.29 is 13.2 Å². The fourth-order valence-electron chi connectivity index (χ4n) is 3.38. The molecule has 0 heterocycles. The summed E-state index contributed by atoms with van der Waals surface area (Å²) in [4.78, 5) is 14.9. The van der Waals surface area contributed by atoms with E-state index in [4.69, 9.17) is 0 Å². The lowest BCUT2D eigenvalue weighted by Crippen LogP contribution is -2.35. The summed E-state index contributed by atoms with van der Waals surface area (Å²) in [5, 5.41) is 2.95. The van der Waals surface area contributed by atoms with Crippen LogP contribution in [-0.4, -0.2) is 57.3 Å². The predicted octanol–water partition coefficient (Wildman–Crippen LogP) is 3.31. The van der Waals surface area contributed by atoms with E-state index in [9.17, 15) is 13.2 Å². The number of nitrogens with zero attached hydrogens (tertiary/aromatic N) is 2. The molecule has 0 bridgehead atoms. The molecule has 1 N–H and O–H groups in total. The van der Waals surface area contributed by atoms with Crippen molar-refractivity contribution in [1.82, 2.24) is 14.5 Å². The van der Waals surface area contributed by atoms with Gasteiger partial charge >= 0.3 is 0 Å². The van der Waals surface area contributed by atoms with Gasteiger partial charge in [0.05, 0.1) is 10.9 Å². The Labute approximate surface area is 180 Å². The molecule has 2 aromatic rings. The minimum Gasteiger partial charge on any atom is -0.350 e. The van der Waals surface area contributed by atoms with Crippen molar-refractivity contribution in [2.75, 3.05) is 33.7 Å². The van der Waals surface area contributed by atoms with Crippen LogP contribution in [0.15, 0.2) is 53.4 Å². The van der Waals surface area contributed by atoms with Crippen molar-refractivity contribution in [3.05, 3.63) is 65.2 Å². The fourth-order valence-corrected chi connectivity index (χ4v) is 4.88. The van der Waals surface area contributed by atoms with Crippen LogP contribution in [0, 0.1) is 0 Å². The highest BCUT2D eigenvalue weighted by Crippen LogP contribution is 2.20. The SMILES string of the molecule is CCc1ccc([C@@H](CNC(=O)c2cccc(S(=O)(=O)N(CC)CC)c2)N(C)C)cc1. The van der Waals surface area contributed by atoms with E-state index in [0.29, 0.717) is 25.2 Å². The second-order valence-electron chi connectivity index (χ2n) is 7.40. The summed E-state index contributed by atoms with van der Waals surface area (Å²) in [5.74, 6) is -0.288. The van der Waals surface area contributed by atoms with Crippen molar-refractivity contribution in [1.29, 1.82) is 0 Å². The molecule has 7 heteroatoms. The summed E-state index contributed by atoms with van der Waals surface area (Å²) in [6.07, 6.45) is 0.983. The molecule has 0 spiro atoms. The number of carbonyl (C=O) groups excluding carboxylic acids is 1. The molecule has 30 heavy (non-hydrogen) atoms. The minimum atomic E-state index is -3.61. The van der Waals surface area contributed by atoms with Crippen molar-refractivity contribution >= 4 is 15.9 Å². The van der Waals surface area contributed by atoms with Gasteiger partial charge < -0.3 is 10.2 Å². The van der Waals surface area contributed by atoms with Crippen LogP contribution in [0.25, 0.3) is 0 Å². The number of carbonyl (C=O) groups is 1. The molecular formula is C23H33N3O3S. The molecule has 0 fully saturated rings. The Morgan fingerprint density at radius 2 is 1.63 bits per heavy atom. The molecule has 0 saturated carbocycles. The second kappa shape index (κ2) is 10.7. The van der Waals surface area contributed by atoms with Gasteiger partial charge in [-0.25, -0.2) is 8.42 Å². The number of amides is 1.